The average molecular weight is 289 g/mol. The molecule has 1 aromatic carbocycles. The molecule has 1 aromatic rings. The van der Waals surface area contributed by atoms with Gasteiger partial charge in [0.25, 0.3) is 0 Å². The van der Waals surface area contributed by atoms with Gasteiger partial charge in [-0.3, -0.25) is 0 Å². The normalized spacial score (nSPS) is 11.8. The van der Waals surface area contributed by atoms with E-state index >= 15 is 0 Å². The predicted molar refractivity (Wildman–Crippen MR) is 68.4 cm³/mol. The first-order valence-electron chi connectivity index (χ1n) is 5.58. The zero-order valence-corrected chi connectivity index (χ0v) is 11.1. The second-order valence-electron chi connectivity index (χ2n) is 3.80. The molecular weight excluding hydrogens is 273 g/mol. The number of hydrogen-bond donors (Lipinski definition) is 2. The van der Waals surface area contributed by atoms with Gasteiger partial charge < -0.3 is 10.2 Å². The molecule has 106 valence electrons. The maximum atomic E-state index is 13.7. The van der Waals surface area contributed by atoms with E-state index in [0.29, 0.717) is 5.56 Å². The minimum atomic E-state index is -4.07. The number of halogens is 1. The molecule has 0 saturated carbocycles. The van der Waals surface area contributed by atoms with Crippen LogP contribution in [0, 0.1) is 5.82 Å². The van der Waals surface area contributed by atoms with Crippen molar-refractivity contribution >= 4 is 10.0 Å². The fraction of sp³-hybridized carbons (Fsp3) is 0.333. The first kappa shape index (κ1) is 15.8. The molecule has 2 N–H and O–H groups in total. The summed E-state index contributed by atoms with van der Waals surface area (Å²) in [6.07, 6.45) is 1.35. The van der Waals surface area contributed by atoms with Crippen molar-refractivity contribution in [3.05, 3.63) is 42.2 Å². The number of benzene rings is 1. The number of hydrogen-bond acceptors (Lipinski definition) is 4. The SMILES string of the molecule is C=CCN(CCO)S(=O)(=O)c1cc(CO)ccc1F. The van der Waals surface area contributed by atoms with Gasteiger partial charge in [0.2, 0.25) is 10.0 Å². The van der Waals surface area contributed by atoms with E-state index in [1.54, 1.807) is 0 Å². The molecule has 0 bridgehead atoms. The van der Waals surface area contributed by atoms with Crippen LogP contribution in [0.4, 0.5) is 4.39 Å². The number of rotatable bonds is 7. The Bertz CT molecular complexity index is 545. The third-order valence-electron chi connectivity index (χ3n) is 2.48. The Morgan fingerprint density at radius 2 is 2.05 bits per heavy atom. The maximum Gasteiger partial charge on any atom is 0.246 e. The van der Waals surface area contributed by atoms with Gasteiger partial charge >= 0.3 is 0 Å². The van der Waals surface area contributed by atoms with Gasteiger partial charge in [0, 0.05) is 13.1 Å². The van der Waals surface area contributed by atoms with Crippen LogP contribution in [-0.2, 0) is 16.6 Å². The number of aliphatic hydroxyl groups excluding tert-OH is 2. The summed E-state index contributed by atoms with van der Waals surface area (Å²) >= 11 is 0. The van der Waals surface area contributed by atoms with Crippen LogP contribution in [0.2, 0.25) is 0 Å². The van der Waals surface area contributed by atoms with Crippen molar-refractivity contribution in [1.29, 1.82) is 0 Å². The molecule has 7 heteroatoms. The molecular formula is C12H16FNO4S. The lowest BCUT2D eigenvalue weighted by molar-refractivity contribution is 0.260. The predicted octanol–water partition coefficient (Wildman–Crippen LogP) is 0.487. The molecule has 19 heavy (non-hydrogen) atoms. The Kier molecular flexibility index (Phi) is 5.61. The zero-order valence-electron chi connectivity index (χ0n) is 10.3. The van der Waals surface area contributed by atoms with Crippen molar-refractivity contribution in [2.45, 2.75) is 11.5 Å². The van der Waals surface area contributed by atoms with Crippen LogP contribution in [0.3, 0.4) is 0 Å². The lowest BCUT2D eigenvalue weighted by Gasteiger charge is -2.20. The number of sulfonamides is 1. The van der Waals surface area contributed by atoms with E-state index in [0.717, 1.165) is 16.4 Å². The molecule has 0 radical (unpaired) electrons. The van der Waals surface area contributed by atoms with E-state index in [2.05, 4.69) is 6.58 Å². The zero-order chi connectivity index (χ0) is 14.5. The molecule has 0 aliphatic carbocycles. The van der Waals surface area contributed by atoms with Crippen LogP contribution >= 0.6 is 0 Å². The van der Waals surface area contributed by atoms with E-state index in [1.165, 1.54) is 12.1 Å². The van der Waals surface area contributed by atoms with Gasteiger partial charge in [-0.05, 0) is 17.7 Å². The van der Waals surface area contributed by atoms with Crippen LogP contribution in [0.25, 0.3) is 0 Å². The molecule has 0 amide bonds. The lowest BCUT2D eigenvalue weighted by atomic mass is 10.2. The van der Waals surface area contributed by atoms with Gasteiger partial charge in [-0.15, -0.1) is 6.58 Å². The smallest absolute Gasteiger partial charge is 0.246 e. The molecule has 0 fully saturated rings. The van der Waals surface area contributed by atoms with Crippen molar-refractivity contribution in [1.82, 2.24) is 4.31 Å². The fourth-order valence-electron chi connectivity index (χ4n) is 1.55. The van der Waals surface area contributed by atoms with Crippen LogP contribution in [0.5, 0.6) is 0 Å². The third kappa shape index (κ3) is 3.60. The number of nitrogens with zero attached hydrogens (tertiary/aromatic N) is 1. The average Bonchev–Trinajstić information content (AvgIpc) is 2.39. The molecule has 0 aliphatic rings. The van der Waals surface area contributed by atoms with Crippen molar-refractivity contribution in [2.24, 2.45) is 0 Å². The summed E-state index contributed by atoms with van der Waals surface area (Å²) in [5.74, 6) is -0.899. The van der Waals surface area contributed by atoms with Crippen LogP contribution in [0.15, 0.2) is 35.7 Å². The summed E-state index contributed by atoms with van der Waals surface area (Å²) < 4.78 is 39.1. The van der Waals surface area contributed by atoms with Gasteiger partial charge in [-0.25, -0.2) is 12.8 Å². The minimum absolute atomic E-state index is 0.0360. The van der Waals surface area contributed by atoms with Crippen LogP contribution < -0.4 is 0 Å². The highest BCUT2D eigenvalue weighted by Gasteiger charge is 2.26. The standard InChI is InChI=1S/C12H16FNO4S/c1-2-5-14(6-7-15)19(17,18)12-8-10(9-16)3-4-11(12)13/h2-4,8,15-16H,1,5-7,9H2. The first-order chi connectivity index (χ1) is 8.97. The van der Waals surface area contributed by atoms with E-state index in [-0.39, 0.29) is 26.3 Å². The third-order valence-corrected chi connectivity index (χ3v) is 4.36. The summed E-state index contributed by atoms with van der Waals surface area (Å²) in [6.45, 7) is 2.47. The molecule has 1 rings (SSSR count). The Morgan fingerprint density at radius 1 is 1.37 bits per heavy atom. The van der Waals surface area contributed by atoms with Gasteiger partial charge in [-0.1, -0.05) is 12.1 Å². The quantitative estimate of drug-likeness (QED) is 0.716. The molecule has 0 atom stereocenters. The Morgan fingerprint density at radius 3 is 2.58 bits per heavy atom. The van der Waals surface area contributed by atoms with Gasteiger partial charge in [0.15, 0.2) is 0 Å². The summed E-state index contributed by atoms with van der Waals surface area (Å²) in [7, 11) is -4.07. The Hall–Kier alpha value is -1.28. The first-order valence-corrected chi connectivity index (χ1v) is 7.02. The van der Waals surface area contributed by atoms with E-state index in [9.17, 15) is 12.8 Å². The van der Waals surface area contributed by atoms with Crippen molar-refractivity contribution in [3.63, 3.8) is 0 Å². The second kappa shape index (κ2) is 6.76. The van der Waals surface area contributed by atoms with Crippen molar-refractivity contribution in [2.75, 3.05) is 19.7 Å². The Labute approximate surface area is 111 Å². The van der Waals surface area contributed by atoms with Gasteiger partial charge in [0.1, 0.15) is 10.7 Å². The summed E-state index contributed by atoms with van der Waals surface area (Å²) in [5, 5.41) is 17.8. The summed E-state index contributed by atoms with van der Waals surface area (Å²) in [6, 6.07) is 3.37. The highest BCUT2D eigenvalue weighted by Crippen LogP contribution is 2.20. The molecule has 5 nitrogen and oxygen atoms in total. The lowest BCUT2D eigenvalue weighted by Crippen LogP contribution is -2.34. The molecule has 0 heterocycles. The molecule has 0 saturated heterocycles. The molecule has 0 aliphatic heterocycles. The van der Waals surface area contributed by atoms with Crippen molar-refractivity contribution in [3.8, 4) is 0 Å². The van der Waals surface area contributed by atoms with E-state index in [1.807, 2.05) is 0 Å². The van der Waals surface area contributed by atoms with Crippen LogP contribution in [-0.4, -0.2) is 42.6 Å². The largest absolute Gasteiger partial charge is 0.395 e. The monoisotopic (exact) mass is 289 g/mol. The van der Waals surface area contributed by atoms with Gasteiger partial charge in [-0.2, -0.15) is 4.31 Å². The van der Waals surface area contributed by atoms with E-state index in [4.69, 9.17) is 10.2 Å². The number of aliphatic hydroxyl groups is 2. The fourth-order valence-corrected chi connectivity index (χ4v) is 3.06. The minimum Gasteiger partial charge on any atom is -0.395 e. The topological polar surface area (TPSA) is 77.8 Å². The summed E-state index contributed by atoms with van der Waals surface area (Å²) in [4.78, 5) is -0.519. The molecule has 0 unspecified atom stereocenters. The van der Waals surface area contributed by atoms with Crippen LogP contribution in [0.1, 0.15) is 5.56 Å². The summed E-state index contributed by atoms with van der Waals surface area (Å²) in [5.41, 5.74) is 0.294. The molecule has 0 spiro atoms. The van der Waals surface area contributed by atoms with Crippen molar-refractivity contribution < 1.29 is 23.0 Å². The second-order valence-corrected chi connectivity index (χ2v) is 5.70. The Balaban J connectivity index is 3.27. The maximum absolute atomic E-state index is 13.7. The highest BCUT2D eigenvalue weighted by atomic mass is 32.2. The van der Waals surface area contributed by atoms with Gasteiger partial charge in [0.05, 0.1) is 13.2 Å². The molecule has 0 aromatic heterocycles. The van der Waals surface area contributed by atoms with E-state index < -0.39 is 20.7 Å². The highest BCUT2D eigenvalue weighted by molar-refractivity contribution is 7.89.